The first kappa shape index (κ1) is 15.6. The van der Waals surface area contributed by atoms with Gasteiger partial charge in [0.2, 0.25) is 0 Å². The van der Waals surface area contributed by atoms with E-state index in [1.54, 1.807) is 16.7 Å². The second kappa shape index (κ2) is 5.88. The van der Waals surface area contributed by atoms with Crippen LogP contribution in [0.2, 0.25) is 0 Å². The molecule has 0 spiro atoms. The average molecular weight is 303 g/mol. The fraction of sp³-hybridized carbons (Fsp3) is 0.538. The van der Waals surface area contributed by atoms with Crippen LogP contribution < -0.4 is 4.90 Å². The van der Waals surface area contributed by atoms with Crippen LogP contribution in [0.1, 0.15) is 12.5 Å². The van der Waals surface area contributed by atoms with Crippen LogP contribution >= 0.6 is 0 Å². The number of nitrogens with zero attached hydrogens (tertiary/aromatic N) is 3. The second-order valence-electron chi connectivity index (χ2n) is 4.91. The molecule has 116 valence electrons. The molecule has 0 aliphatic carbocycles. The molecule has 0 bridgehead atoms. The molecule has 2 rings (SSSR count). The maximum atomic E-state index is 13.0. The molecule has 1 aromatic rings. The van der Waals surface area contributed by atoms with Gasteiger partial charge < -0.3 is 10.0 Å². The number of piperazine rings is 1. The van der Waals surface area contributed by atoms with E-state index in [0.29, 0.717) is 26.2 Å². The van der Waals surface area contributed by atoms with E-state index < -0.39 is 23.8 Å². The number of aromatic nitrogens is 1. The monoisotopic (exact) mass is 303 g/mol. The number of hydrogen-bond donors (Lipinski definition) is 1. The minimum absolute atomic E-state index is 0.0902. The molecule has 1 aromatic heterocycles. The second-order valence-corrected chi connectivity index (χ2v) is 4.91. The van der Waals surface area contributed by atoms with Crippen molar-refractivity contribution in [2.24, 2.45) is 0 Å². The largest absolute Gasteiger partial charge is 0.480 e. The predicted molar refractivity (Wildman–Crippen MR) is 70.1 cm³/mol. The topological polar surface area (TPSA) is 56.7 Å². The quantitative estimate of drug-likeness (QED) is 0.921. The molecule has 0 saturated carbocycles. The van der Waals surface area contributed by atoms with E-state index in [-0.39, 0.29) is 5.82 Å². The van der Waals surface area contributed by atoms with Crippen LogP contribution in [0.15, 0.2) is 18.3 Å². The number of carboxylic acid groups (broad SMARTS) is 1. The van der Waals surface area contributed by atoms with Gasteiger partial charge in [0.15, 0.2) is 0 Å². The van der Waals surface area contributed by atoms with Crippen LogP contribution in [0.4, 0.5) is 19.0 Å². The van der Waals surface area contributed by atoms with Crippen molar-refractivity contribution in [1.29, 1.82) is 0 Å². The Morgan fingerprint density at radius 3 is 2.48 bits per heavy atom. The van der Waals surface area contributed by atoms with Crippen molar-refractivity contribution in [3.05, 3.63) is 23.9 Å². The van der Waals surface area contributed by atoms with Crippen LogP contribution in [0, 0.1) is 0 Å². The summed E-state index contributed by atoms with van der Waals surface area (Å²) in [5.74, 6) is -1.02. The highest BCUT2D eigenvalue weighted by molar-refractivity contribution is 5.72. The highest BCUT2D eigenvalue weighted by atomic mass is 19.4. The van der Waals surface area contributed by atoms with E-state index in [1.807, 2.05) is 0 Å². The highest BCUT2D eigenvalue weighted by Crippen LogP contribution is 2.35. The average Bonchev–Trinajstić information content (AvgIpc) is 2.45. The molecule has 1 atom stereocenters. The molecule has 0 radical (unpaired) electrons. The van der Waals surface area contributed by atoms with Crippen LogP contribution in [-0.2, 0) is 11.0 Å². The molecule has 1 fully saturated rings. The van der Waals surface area contributed by atoms with E-state index >= 15 is 0 Å². The summed E-state index contributed by atoms with van der Waals surface area (Å²) in [6, 6.07) is 1.63. The van der Waals surface area contributed by atoms with Crippen molar-refractivity contribution >= 4 is 11.8 Å². The number of carbonyl (C=O) groups is 1. The van der Waals surface area contributed by atoms with Gasteiger partial charge in [0.05, 0.1) is 5.56 Å². The highest BCUT2D eigenvalue weighted by Gasteiger charge is 2.36. The van der Waals surface area contributed by atoms with Gasteiger partial charge in [-0.15, -0.1) is 0 Å². The molecule has 0 amide bonds. The molecular formula is C13H16F3N3O2. The van der Waals surface area contributed by atoms with E-state index in [1.165, 1.54) is 12.3 Å². The maximum Gasteiger partial charge on any atom is 0.419 e. The molecule has 1 aliphatic rings. The number of alkyl halides is 3. The molecule has 1 unspecified atom stereocenters. The molecular weight excluding hydrogens is 287 g/mol. The third kappa shape index (κ3) is 3.44. The molecule has 1 saturated heterocycles. The van der Waals surface area contributed by atoms with E-state index in [2.05, 4.69) is 4.98 Å². The summed E-state index contributed by atoms with van der Waals surface area (Å²) in [5.41, 5.74) is -0.760. The standard InChI is InChI=1S/C13H16F3N3O2/c1-9(12(20)21)18-5-7-19(8-6-18)11-10(13(14,15)16)3-2-4-17-11/h2-4,9H,5-8H2,1H3,(H,20,21). The Bertz CT molecular complexity index is 514. The SMILES string of the molecule is CC(C(=O)O)N1CCN(c2ncccc2C(F)(F)F)CC1. The van der Waals surface area contributed by atoms with Gasteiger partial charge in [-0.05, 0) is 19.1 Å². The third-order valence-corrected chi connectivity index (χ3v) is 3.61. The number of carboxylic acids is 1. The number of hydrogen-bond acceptors (Lipinski definition) is 4. The summed E-state index contributed by atoms with van der Waals surface area (Å²) in [4.78, 5) is 18.0. The fourth-order valence-electron chi connectivity index (χ4n) is 2.35. The van der Waals surface area contributed by atoms with E-state index in [4.69, 9.17) is 5.11 Å². The summed E-state index contributed by atoms with van der Waals surface area (Å²) in [7, 11) is 0. The molecule has 8 heteroatoms. The normalized spacial score (nSPS) is 18.6. The van der Waals surface area contributed by atoms with Crippen molar-refractivity contribution in [2.45, 2.75) is 19.1 Å². The summed E-state index contributed by atoms with van der Waals surface area (Å²) < 4.78 is 38.9. The summed E-state index contributed by atoms with van der Waals surface area (Å²) >= 11 is 0. The van der Waals surface area contributed by atoms with Gasteiger partial charge in [-0.2, -0.15) is 13.2 Å². The first-order valence-electron chi connectivity index (χ1n) is 6.54. The minimum atomic E-state index is -4.45. The van der Waals surface area contributed by atoms with Crippen molar-refractivity contribution in [1.82, 2.24) is 9.88 Å². The molecule has 2 heterocycles. The smallest absolute Gasteiger partial charge is 0.419 e. The Kier molecular flexibility index (Phi) is 4.36. The van der Waals surface area contributed by atoms with Crippen molar-refractivity contribution in [3.8, 4) is 0 Å². The maximum absolute atomic E-state index is 13.0. The third-order valence-electron chi connectivity index (χ3n) is 3.61. The van der Waals surface area contributed by atoms with E-state index in [9.17, 15) is 18.0 Å². The predicted octanol–water partition coefficient (Wildman–Crippen LogP) is 1.70. The molecule has 1 aliphatic heterocycles. The lowest BCUT2D eigenvalue weighted by Crippen LogP contribution is -2.52. The molecule has 21 heavy (non-hydrogen) atoms. The Balaban J connectivity index is 2.11. The lowest BCUT2D eigenvalue weighted by Gasteiger charge is -2.37. The number of anilines is 1. The summed E-state index contributed by atoms with van der Waals surface area (Å²) in [6.07, 6.45) is -3.12. The minimum Gasteiger partial charge on any atom is -0.480 e. The Morgan fingerprint density at radius 2 is 1.95 bits per heavy atom. The van der Waals surface area contributed by atoms with E-state index in [0.717, 1.165) is 6.07 Å². The number of pyridine rings is 1. The van der Waals surface area contributed by atoms with Crippen molar-refractivity contribution in [3.63, 3.8) is 0 Å². The lowest BCUT2D eigenvalue weighted by atomic mass is 10.2. The van der Waals surface area contributed by atoms with Gasteiger partial charge in [0, 0.05) is 32.4 Å². The summed E-state index contributed by atoms with van der Waals surface area (Å²) in [5, 5.41) is 8.95. The summed E-state index contributed by atoms with van der Waals surface area (Å²) in [6.45, 7) is 2.98. The van der Waals surface area contributed by atoms with Gasteiger partial charge >= 0.3 is 12.1 Å². The fourth-order valence-corrected chi connectivity index (χ4v) is 2.35. The van der Waals surface area contributed by atoms with Gasteiger partial charge in [-0.25, -0.2) is 4.98 Å². The zero-order chi connectivity index (χ0) is 15.6. The number of halogens is 3. The number of rotatable bonds is 3. The van der Waals surface area contributed by atoms with Crippen molar-refractivity contribution < 1.29 is 23.1 Å². The zero-order valence-corrected chi connectivity index (χ0v) is 11.5. The van der Waals surface area contributed by atoms with Crippen molar-refractivity contribution in [2.75, 3.05) is 31.1 Å². The Labute approximate surface area is 120 Å². The van der Waals surface area contributed by atoms with Gasteiger partial charge in [0.1, 0.15) is 11.9 Å². The zero-order valence-electron chi connectivity index (χ0n) is 11.5. The Hall–Kier alpha value is -1.83. The van der Waals surface area contributed by atoms with Crippen LogP contribution in [-0.4, -0.2) is 53.2 Å². The molecule has 0 aromatic carbocycles. The van der Waals surface area contributed by atoms with Gasteiger partial charge in [-0.3, -0.25) is 9.69 Å². The number of aliphatic carboxylic acids is 1. The van der Waals surface area contributed by atoms with Crippen LogP contribution in [0.5, 0.6) is 0 Å². The first-order valence-corrected chi connectivity index (χ1v) is 6.54. The van der Waals surface area contributed by atoms with Gasteiger partial charge in [-0.1, -0.05) is 0 Å². The first-order chi connectivity index (χ1) is 9.80. The lowest BCUT2D eigenvalue weighted by molar-refractivity contribution is -0.142. The van der Waals surface area contributed by atoms with Gasteiger partial charge in [0.25, 0.3) is 0 Å². The molecule has 1 N–H and O–H groups in total. The van der Waals surface area contributed by atoms with Crippen LogP contribution in [0.3, 0.4) is 0 Å². The Morgan fingerprint density at radius 1 is 1.33 bits per heavy atom. The van der Waals surface area contributed by atoms with Crippen LogP contribution in [0.25, 0.3) is 0 Å². The molecule has 5 nitrogen and oxygen atoms in total.